The Kier molecular flexibility index (Phi) is 5.44. The highest BCUT2D eigenvalue weighted by atomic mass is 32.1. The van der Waals surface area contributed by atoms with Gasteiger partial charge in [0.05, 0.1) is 16.5 Å². The van der Waals surface area contributed by atoms with Crippen molar-refractivity contribution in [3.05, 3.63) is 47.4 Å². The Balaban J connectivity index is 1.37. The quantitative estimate of drug-likeness (QED) is 0.358. The SMILES string of the molecule is C=N/C(=C\C=Nc1ccc2c(-c3cnc(C4(O)CCC5C(=O)OC5(C)C4)s3)c[nH]c2c1)C(F)(F)F. The number of aliphatic imine (C=N–C) groups is 2. The van der Waals surface area contributed by atoms with Gasteiger partial charge in [-0.3, -0.25) is 14.8 Å². The molecular weight excluding hydrogens is 481 g/mol. The number of nitrogens with zero attached hydrogens (tertiary/aromatic N) is 3. The number of aliphatic hydroxyl groups is 1. The fourth-order valence-electron chi connectivity index (χ4n) is 4.82. The zero-order valence-electron chi connectivity index (χ0n) is 18.6. The fourth-order valence-corrected chi connectivity index (χ4v) is 5.89. The molecule has 0 radical (unpaired) electrons. The van der Waals surface area contributed by atoms with Crippen LogP contribution < -0.4 is 0 Å². The van der Waals surface area contributed by atoms with Crippen LogP contribution in [0.25, 0.3) is 21.3 Å². The maximum Gasteiger partial charge on any atom is 0.433 e. The Morgan fingerprint density at radius 3 is 2.91 bits per heavy atom. The van der Waals surface area contributed by atoms with E-state index in [4.69, 9.17) is 4.74 Å². The van der Waals surface area contributed by atoms with Crippen molar-refractivity contribution in [1.29, 1.82) is 0 Å². The van der Waals surface area contributed by atoms with Crippen LogP contribution in [-0.2, 0) is 15.1 Å². The molecule has 3 aromatic rings. The second-order valence-corrected chi connectivity index (χ2v) is 10.0. The molecule has 1 aromatic carbocycles. The van der Waals surface area contributed by atoms with E-state index in [0.717, 1.165) is 33.6 Å². The van der Waals surface area contributed by atoms with Gasteiger partial charge >= 0.3 is 12.1 Å². The van der Waals surface area contributed by atoms with Gasteiger partial charge in [-0.25, -0.2) is 4.98 Å². The molecule has 11 heteroatoms. The predicted octanol–water partition coefficient (Wildman–Crippen LogP) is 5.44. The average molecular weight is 503 g/mol. The summed E-state index contributed by atoms with van der Waals surface area (Å²) in [5, 5.41) is 12.8. The van der Waals surface area contributed by atoms with Crippen molar-refractivity contribution < 1.29 is 27.8 Å². The van der Waals surface area contributed by atoms with Gasteiger partial charge in [0, 0.05) is 41.5 Å². The summed E-state index contributed by atoms with van der Waals surface area (Å²) in [5.41, 5.74) is -0.845. The van der Waals surface area contributed by atoms with E-state index in [1.54, 1.807) is 18.3 Å². The smallest absolute Gasteiger partial charge is 0.433 e. The fraction of sp³-hybridized carbons (Fsp3) is 0.333. The second kappa shape index (κ2) is 8.13. The van der Waals surface area contributed by atoms with E-state index in [0.29, 0.717) is 30.0 Å². The molecule has 0 amide bonds. The molecular formula is C24H21F3N4O3S. The number of rotatable bonds is 5. The van der Waals surface area contributed by atoms with Gasteiger partial charge in [0.25, 0.3) is 0 Å². The van der Waals surface area contributed by atoms with Crippen LogP contribution >= 0.6 is 11.3 Å². The normalized spacial score (nSPS) is 27.1. The van der Waals surface area contributed by atoms with Crippen LogP contribution in [0.3, 0.4) is 0 Å². The first-order valence-corrected chi connectivity index (χ1v) is 11.7. The van der Waals surface area contributed by atoms with Gasteiger partial charge < -0.3 is 14.8 Å². The van der Waals surface area contributed by atoms with Crippen molar-refractivity contribution in [2.75, 3.05) is 0 Å². The third-order valence-electron chi connectivity index (χ3n) is 6.60. The van der Waals surface area contributed by atoms with E-state index in [1.807, 2.05) is 19.2 Å². The molecule has 5 rings (SSSR count). The Labute approximate surface area is 202 Å². The lowest BCUT2D eigenvalue weighted by Gasteiger charge is -2.52. The summed E-state index contributed by atoms with van der Waals surface area (Å²) in [5.74, 6) is -0.373. The number of nitrogens with one attached hydrogen (secondary N) is 1. The van der Waals surface area contributed by atoms with Gasteiger partial charge in [0.2, 0.25) is 0 Å². The van der Waals surface area contributed by atoms with Gasteiger partial charge in [-0.2, -0.15) is 13.2 Å². The molecule has 2 aliphatic rings. The standard InChI is InChI=1S/C24H21F3N4O3S/c1-22-12-23(33,7-5-16(22)20(32)34-22)21-31-11-18(35-21)15-10-30-17-9-13(3-4-14(15)17)29-8-6-19(28-2)24(25,26)27/h3-4,6,8-11,16,30,33H,2,5,7,12H2,1H3/b19-6-,29-8?. The summed E-state index contributed by atoms with van der Waals surface area (Å²) in [6, 6.07) is 5.24. The Hall–Kier alpha value is -3.31. The number of allylic oxidation sites excluding steroid dienone is 2. The highest BCUT2D eigenvalue weighted by Crippen LogP contribution is 2.53. The topological polar surface area (TPSA) is 99.9 Å². The molecule has 1 aliphatic heterocycles. The highest BCUT2D eigenvalue weighted by Gasteiger charge is 2.60. The molecule has 1 aliphatic carbocycles. The van der Waals surface area contributed by atoms with Crippen molar-refractivity contribution in [3.63, 3.8) is 0 Å². The second-order valence-electron chi connectivity index (χ2n) is 8.98. The number of carbonyl (C=O) groups excluding carboxylic acids is 1. The Bertz CT molecular complexity index is 1390. The van der Waals surface area contributed by atoms with Crippen LogP contribution in [0.2, 0.25) is 0 Å². The molecule has 2 fully saturated rings. The lowest BCUT2D eigenvalue weighted by Crippen LogP contribution is -2.61. The van der Waals surface area contributed by atoms with Crippen molar-refractivity contribution in [3.8, 4) is 10.4 Å². The maximum atomic E-state index is 12.7. The predicted molar refractivity (Wildman–Crippen MR) is 127 cm³/mol. The van der Waals surface area contributed by atoms with Crippen LogP contribution in [0.15, 0.2) is 52.4 Å². The molecule has 1 saturated carbocycles. The summed E-state index contributed by atoms with van der Waals surface area (Å²) in [6.07, 6.45) is 2.04. The lowest BCUT2D eigenvalue weighted by atomic mass is 9.66. The van der Waals surface area contributed by atoms with Crippen molar-refractivity contribution in [1.82, 2.24) is 9.97 Å². The third kappa shape index (κ3) is 4.08. The number of aromatic nitrogens is 2. The number of carbonyl (C=O) groups is 1. The highest BCUT2D eigenvalue weighted by molar-refractivity contribution is 7.15. The van der Waals surface area contributed by atoms with Crippen LogP contribution in [0.5, 0.6) is 0 Å². The average Bonchev–Trinajstić information content (AvgIpc) is 3.42. The minimum atomic E-state index is -4.59. The van der Waals surface area contributed by atoms with Crippen molar-refractivity contribution >= 4 is 46.8 Å². The molecule has 1 saturated heterocycles. The number of hydrogen-bond acceptors (Lipinski definition) is 7. The molecule has 0 spiro atoms. The van der Waals surface area contributed by atoms with Gasteiger partial charge in [-0.05, 0) is 44.7 Å². The van der Waals surface area contributed by atoms with Gasteiger partial charge in [0.15, 0.2) is 0 Å². The molecule has 2 aromatic heterocycles. The number of ether oxygens (including phenoxy) is 1. The molecule has 35 heavy (non-hydrogen) atoms. The number of aromatic amines is 1. The number of alkyl halides is 3. The van der Waals surface area contributed by atoms with Crippen LogP contribution in [0.4, 0.5) is 18.9 Å². The lowest BCUT2D eigenvalue weighted by molar-refractivity contribution is -0.235. The molecule has 3 unspecified atom stereocenters. The van der Waals surface area contributed by atoms with Crippen molar-refractivity contribution in [2.24, 2.45) is 15.9 Å². The largest absolute Gasteiger partial charge is 0.458 e. The van der Waals surface area contributed by atoms with E-state index in [9.17, 15) is 23.1 Å². The van der Waals surface area contributed by atoms with Crippen LogP contribution in [0.1, 0.15) is 31.2 Å². The summed E-state index contributed by atoms with van der Waals surface area (Å²) >= 11 is 1.38. The zero-order valence-corrected chi connectivity index (χ0v) is 19.4. The molecule has 7 nitrogen and oxygen atoms in total. The summed E-state index contributed by atoms with van der Waals surface area (Å²) < 4.78 is 43.5. The molecule has 0 bridgehead atoms. The number of hydrogen-bond donors (Lipinski definition) is 2. The Morgan fingerprint density at radius 2 is 2.23 bits per heavy atom. The maximum absolute atomic E-state index is 12.7. The van der Waals surface area contributed by atoms with Gasteiger partial charge in [-0.1, -0.05) is 6.07 Å². The zero-order chi connectivity index (χ0) is 25.0. The molecule has 2 N–H and O–H groups in total. The van der Waals surface area contributed by atoms with E-state index in [-0.39, 0.29) is 11.9 Å². The van der Waals surface area contributed by atoms with E-state index in [2.05, 4.69) is 26.7 Å². The molecule has 3 heterocycles. The minimum absolute atomic E-state index is 0.170. The van der Waals surface area contributed by atoms with Gasteiger partial charge in [0.1, 0.15) is 21.9 Å². The number of fused-ring (bicyclic) bond motifs is 2. The first-order chi connectivity index (χ1) is 16.5. The van der Waals surface area contributed by atoms with E-state index < -0.39 is 23.1 Å². The van der Waals surface area contributed by atoms with Gasteiger partial charge in [-0.15, -0.1) is 11.3 Å². The summed E-state index contributed by atoms with van der Waals surface area (Å²) in [6.45, 7) is 4.79. The Morgan fingerprint density at radius 1 is 1.43 bits per heavy atom. The van der Waals surface area contributed by atoms with Crippen molar-refractivity contribution in [2.45, 2.75) is 43.6 Å². The monoisotopic (exact) mass is 502 g/mol. The number of halogens is 3. The van der Waals surface area contributed by atoms with E-state index in [1.165, 1.54) is 11.3 Å². The first-order valence-electron chi connectivity index (χ1n) is 10.8. The molecule has 3 atom stereocenters. The van der Waals surface area contributed by atoms with Crippen LogP contribution in [-0.4, -0.2) is 45.8 Å². The third-order valence-corrected chi connectivity index (χ3v) is 7.82. The molecule has 182 valence electrons. The summed E-state index contributed by atoms with van der Waals surface area (Å²) in [4.78, 5) is 27.2. The van der Waals surface area contributed by atoms with Crippen LogP contribution in [0, 0.1) is 5.92 Å². The minimum Gasteiger partial charge on any atom is -0.458 e. The first kappa shape index (κ1) is 23.4. The number of benzene rings is 1. The number of thiazole rings is 1. The van der Waals surface area contributed by atoms with E-state index >= 15 is 0 Å². The number of esters is 1. The number of H-pyrrole nitrogens is 1. The summed E-state index contributed by atoms with van der Waals surface area (Å²) in [7, 11) is 0.